The Hall–Kier alpha value is -1.92. The molecule has 1 amide bonds. The Morgan fingerprint density at radius 2 is 2.00 bits per heavy atom. The lowest BCUT2D eigenvalue weighted by Crippen LogP contribution is -2.38. The highest BCUT2D eigenvalue weighted by atomic mass is 32.1. The number of nitrogens with one attached hydrogen (secondary N) is 1. The fourth-order valence-electron chi connectivity index (χ4n) is 2.66. The Balaban J connectivity index is 1.51. The molecular weight excluding hydrogens is 312 g/mol. The van der Waals surface area contributed by atoms with Gasteiger partial charge in [0.15, 0.2) is 0 Å². The molecule has 5 nitrogen and oxygen atoms in total. The first-order chi connectivity index (χ1) is 11.2. The van der Waals surface area contributed by atoms with E-state index in [2.05, 4.69) is 10.3 Å². The van der Waals surface area contributed by atoms with Crippen LogP contribution in [0.2, 0.25) is 0 Å². The number of nitrogens with zero attached hydrogens (tertiary/aromatic N) is 1. The van der Waals surface area contributed by atoms with Crippen molar-refractivity contribution < 1.29 is 14.6 Å². The van der Waals surface area contributed by atoms with Gasteiger partial charge < -0.3 is 15.2 Å². The smallest absolute Gasteiger partial charge is 0.251 e. The number of amides is 1. The van der Waals surface area contributed by atoms with Crippen molar-refractivity contribution in [2.75, 3.05) is 0 Å². The summed E-state index contributed by atoms with van der Waals surface area (Å²) in [7, 11) is 0. The predicted octanol–water partition coefficient (Wildman–Crippen LogP) is 2.76. The van der Waals surface area contributed by atoms with E-state index in [1.54, 1.807) is 29.8 Å². The molecule has 0 radical (unpaired) electrons. The largest absolute Gasteiger partial charge is 0.487 e. The molecule has 2 aromatic rings. The van der Waals surface area contributed by atoms with Gasteiger partial charge in [-0.05, 0) is 49.9 Å². The minimum Gasteiger partial charge on any atom is -0.487 e. The van der Waals surface area contributed by atoms with E-state index in [1.807, 2.05) is 5.38 Å². The van der Waals surface area contributed by atoms with Gasteiger partial charge in [0, 0.05) is 17.0 Å². The van der Waals surface area contributed by atoms with Crippen LogP contribution in [0.25, 0.3) is 0 Å². The second-order valence-electron chi connectivity index (χ2n) is 5.77. The summed E-state index contributed by atoms with van der Waals surface area (Å²) in [5, 5.41) is 14.5. The fraction of sp³-hybridized carbons (Fsp3) is 0.412. The summed E-state index contributed by atoms with van der Waals surface area (Å²) in [6.45, 7) is 0.430. The van der Waals surface area contributed by atoms with Gasteiger partial charge in [-0.1, -0.05) is 0 Å². The minimum atomic E-state index is -0.211. The molecule has 0 unspecified atom stereocenters. The fourth-order valence-corrected chi connectivity index (χ4v) is 3.20. The minimum absolute atomic E-state index is 0.0718. The molecule has 122 valence electrons. The molecule has 0 bridgehead atoms. The molecule has 1 heterocycles. The summed E-state index contributed by atoms with van der Waals surface area (Å²) in [4.78, 5) is 16.4. The van der Waals surface area contributed by atoms with Crippen molar-refractivity contribution in [1.82, 2.24) is 10.3 Å². The molecule has 1 aromatic heterocycles. The molecule has 0 saturated heterocycles. The number of hydrogen-bond acceptors (Lipinski definition) is 5. The molecular formula is C17H20N2O3S. The Labute approximate surface area is 139 Å². The van der Waals surface area contributed by atoms with Crippen LogP contribution in [0.4, 0.5) is 0 Å². The summed E-state index contributed by atoms with van der Waals surface area (Å²) in [6.07, 6.45) is 2.98. The molecule has 2 N–H and O–H groups in total. The third-order valence-electron chi connectivity index (χ3n) is 4.02. The van der Waals surface area contributed by atoms with E-state index >= 15 is 0 Å². The standard InChI is InChI=1S/C17H20N2O3S/c20-15-5-3-13(4-6-15)19-17(21)12-1-7-16(8-2-12)22-9-14-10-23-11-18-14/h1-2,7-8,10-11,13,15,20H,3-6,9H2,(H,19,21). The Morgan fingerprint density at radius 1 is 1.26 bits per heavy atom. The van der Waals surface area contributed by atoms with Crippen LogP contribution in [0.5, 0.6) is 5.75 Å². The molecule has 1 aromatic carbocycles. The Bertz CT molecular complexity index is 620. The molecule has 1 saturated carbocycles. The topological polar surface area (TPSA) is 71.5 Å². The molecule has 6 heteroatoms. The van der Waals surface area contributed by atoms with Crippen molar-refractivity contribution in [3.8, 4) is 5.75 Å². The number of ether oxygens (including phenoxy) is 1. The zero-order chi connectivity index (χ0) is 16.1. The van der Waals surface area contributed by atoms with E-state index in [0.29, 0.717) is 12.2 Å². The third-order valence-corrected chi connectivity index (χ3v) is 4.65. The van der Waals surface area contributed by atoms with E-state index < -0.39 is 0 Å². The zero-order valence-electron chi connectivity index (χ0n) is 12.8. The number of thiazole rings is 1. The molecule has 1 fully saturated rings. The third kappa shape index (κ3) is 4.53. The van der Waals surface area contributed by atoms with Crippen LogP contribution in [0.15, 0.2) is 35.2 Å². The first kappa shape index (κ1) is 16.0. The number of carbonyl (C=O) groups excluding carboxylic acids is 1. The van der Waals surface area contributed by atoms with E-state index in [0.717, 1.165) is 37.1 Å². The van der Waals surface area contributed by atoms with Gasteiger partial charge in [0.1, 0.15) is 12.4 Å². The van der Waals surface area contributed by atoms with Crippen LogP contribution in [0.1, 0.15) is 41.7 Å². The van der Waals surface area contributed by atoms with Crippen LogP contribution in [0.3, 0.4) is 0 Å². The average Bonchev–Trinajstić information content (AvgIpc) is 3.09. The molecule has 0 aliphatic heterocycles. The predicted molar refractivity (Wildman–Crippen MR) is 88.6 cm³/mol. The van der Waals surface area contributed by atoms with E-state index in [1.165, 1.54) is 11.3 Å². The van der Waals surface area contributed by atoms with Crippen molar-refractivity contribution in [2.45, 2.75) is 44.4 Å². The van der Waals surface area contributed by atoms with E-state index in [4.69, 9.17) is 4.74 Å². The van der Waals surface area contributed by atoms with Gasteiger partial charge in [-0.25, -0.2) is 4.98 Å². The van der Waals surface area contributed by atoms with E-state index in [9.17, 15) is 9.90 Å². The van der Waals surface area contributed by atoms with Crippen molar-refractivity contribution in [3.63, 3.8) is 0 Å². The second kappa shape index (κ2) is 7.57. The van der Waals surface area contributed by atoms with Crippen LogP contribution >= 0.6 is 11.3 Å². The molecule has 0 spiro atoms. The maximum Gasteiger partial charge on any atom is 0.251 e. The maximum absolute atomic E-state index is 12.2. The van der Waals surface area contributed by atoms with Gasteiger partial charge in [-0.15, -0.1) is 11.3 Å². The van der Waals surface area contributed by atoms with Crippen molar-refractivity contribution in [1.29, 1.82) is 0 Å². The van der Waals surface area contributed by atoms with Crippen LogP contribution in [-0.4, -0.2) is 28.1 Å². The summed E-state index contributed by atoms with van der Waals surface area (Å²) in [5.41, 5.74) is 3.30. The van der Waals surface area contributed by atoms with Gasteiger partial charge in [-0.3, -0.25) is 4.79 Å². The highest BCUT2D eigenvalue weighted by Crippen LogP contribution is 2.19. The zero-order valence-corrected chi connectivity index (χ0v) is 13.6. The van der Waals surface area contributed by atoms with Gasteiger partial charge in [0.2, 0.25) is 0 Å². The van der Waals surface area contributed by atoms with Gasteiger partial charge >= 0.3 is 0 Å². The molecule has 3 rings (SSSR count). The molecule has 0 atom stereocenters. The summed E-state index contributed by atoms with van der Waals surface area (Å²) in [6, 6.07) is 7.29. The summed E-state index contributed by atoms with van der Waals surface area (Å²) in [5.74, 6) is 0.646. The first-order valence-electron chi connectivity index (χ1n) is 7.79. The maximum atomic E-state index is 12.2. The lowest BCUT2D eigenvalue weighted by atomic mass is 9.93. The van der Waals surface area contributed by atoms with Crippen molar-refractivity contribution in [3.05, 3.63) is 46.4 Å². The average molecular weight is 332 g/mol. The molecule has 1 aliphatic carbocycles. The van der Waals surface area contributed by atoms with Crippen molar-refractivity contribution in [2.24, 2.45) is 0 Å². The highest BCUT2D eigenvalue weighted by molar-refractivity contribution is 7.07. The number of hydrogen-bond donors (Lipinski definition) is 2. The number of aliphatic hydroxyl groups is 1. The normalized spacial score (nSPS) is 20.9. The second-order valence-corrected chi connectivity index (χ2v) is 6.49. The first-order valence-corrected chi connectivity index (χ1v) is 8.74. The molecule has 23 heavy (non-hydrogen) atoms. The Morgan fingerprint density at radius 3 is 2.65 bits per heavy atom. The monoisotopic (exact) mass is 332 g/mol. The number of aromatic nitrogens is 1. The SMILES string of the molecule is O=C(NC1CCC(O)CC1)c1ccc(OCc2cscn2)cc1. The number of carbonyl (C=O) groups is 1. The van der Waals surface area contributed by atoms with Gasteiger partial charge in [0.05, 0.1) is 17.3 Å². The van der Waals surface area contributed by atoms with Crippen LogP contribution in [0, 0.1) is 0 Å². The van der Waals surface area contributed by atoms with Gasteiger partial charge in [0.25, 0.3) is 5.91 Å². The Kier molecular flexibility index (Phi) is 5.25. The highest BCUT2D eigenvalue weighted by Gasteiger charge is 2.21. The van der Waals surface area contributed by atoms with E-state index in [-0.39, 0.29) is 18.1 Å². The summed E-state index contributed by atoms with van der Waals surface area (Å²) < 4.78 is 5.63. The van der Waals surface area contributed by atoms with Gasteiger partial charge in [-0.2, -0.15) is 0 Å². The number of aliphatic hydroxyl groups excluding tert-OH is 1. The van der Waals surface area contributed by atoms with Crippen LogP contribution in [-0.2, 0) is 6.61 Å². The number of rotatable bonds is 5. The quantitative estimate of drug-likeness (QED) is 0.883. The summed E-state index contributed by atoms with van der Waals surface area (Å²) >= 11 is 1.54. The lowest BCUT2D eigenvalue weighted by Gasteiger charge is -2.26. The van der Waals surface area contributed by atoms with Crippen LogP contribution < -0.4 is 10.1 Å². The van der Waals surface area contributed by atoms with Crippen molar-refractivity contribution >= 4 is 17.2 Å². The molecule has 1 aliphatic rings. The lowest BCUT2D eigenvalue weighted by molar-refractivity contribution is 0.0867. The number of benzene rings is 1.